The van der Waals surface area contributed by atoms with Crippen molar-refractivity contribution in [3.05, 3.63) is 41.7 Å². The summed E-state index contributed by atoms with van der Waals surface area (Å²) in [7, 11) is 0. The zero-order valence-electron chi connectivity index (χ0n) is 14.4. The number of halogens is 1. The van der Waals surface area contributed by atoms with Crippen LogP contribution < -0.4 is 15.2 Å². The van der Waals surface area contributed by atoms with Crippen molar-refractivity contribution in [2.45, 2.75) is 23.1 Å². The molecule has 1 aromatic carbocycles. The number of imidazole rings is 2. The summed E-state index contributed by atoms with van der Waals surface area (Å²) in [5.41, 5.74) is 6.62. The van der Waals surface area contributed by atoms with E-state index in [4.69, 9.17) is 15.2 Å². The normalized spacial score (nSPS) is 12.8. The van der Waals surface area contributed by atoms with Gasteiger partial charge in [-0.15, -0.1) is 0 Å². The molecule has 0 aliphatic carbocycles. The largest absolute Gasteiger partial charge is 0.454 e. The maximum absolute atomic E-state index is 6.03. The number of nitrogens with two attached hydrogens (primary N) is 1. The summed E-state index contributed by atoms with van der Waals surface area (Å²) in [5.74, 6) is 2.49. The summed E-state index contributed by atoms with van der Waals surface area (Å²) in [6.45, 7) is 1.65. The molecule has 0 unspecified atom stereocenters. The van der Waals surface area contributed by atoms with Gasteiger partial charge in [0.2, 0.25) is 6.79 Å². The fourth-order valence-corrected chi connectivity index (χ4v) is 4.21. The maximum Gasteiger partial charge on any atom is 0.231 e. The van der Waals surface area contributed by atoms with Crippen LogP contribution in [0.25, 0.3) is 11.5 Å². The van der Waals surface area contributed by atoms with E-state index < -0.39 is 0 Å². The number of ether oxygens (including phenoxy) is 2. The van der Waals surface area contributed by atoms with Gasteiger partial charge in [-0.2, -0.15) is 0 Å². The molecular weight excluding hydrogens is 446 g/mol. The third kappa shape index (κ3) is 3.16. The highest BCUT2D eigenvalue weighted by molar-refractivity contribution is 9.10. The molecule has 0 radical (unpaired) electrons. The Morgan fingerprint density at radius 2 is 2.00 bits per heavy atom. The summed E-state index contributed by atoms with van der Waals surface area (Å²) in [4.78, 5) is 18.5. The zero-order valence-corrected chi connectivity index (χ0v) is 16.9. The lowest BCUT2D eigenvalue weighted by Crippen LogP contribution is -2.12. The van der Waals surface area contributed by atoms with E-state index in [9.17, 15) is 0 Å². The fraction of sp³-hybridized carbons (Fsp3) is 0.176. The van der Waals surface area contributed by atoms with Crippen LogP contribution in [0.1, 0.15) is 0 Å². The zero-order chi connectivity index (χ0) is 19.1. The molecule has 0 fully saturated rings. The van der Waals surface area contributed by atoms with Crippen molar-refractivity contribution in [3.63, 3.8) is 0 Å². The minimum absolute atomic E-state index is 0.228. The van der Waals surface area contributed by atoms with Crippen LogP contribution in [0.3, 0.4) is 0 Å². The molecule has 0 saturated carbocycles. The summed E-state index contributed by atoms with van der Waals surface area (Å²) in [6, 6.07) is 3.79. The third-order valence-corrected chi connectivity index (χ3v) is 6.10. The van der Waals surface area contributed by atoms with Crippen LogP contribution in [-0.4, -0.2) is 35.9 Å². The first-order valence-electron chi connectivity index (χ1n) is 8.38. The van der Waals surface area contributed by atoms with Gasteiger partial charge in [-0.1, -0.05) is 0 Å². The molecule has 2 N–H and O–H groups in total. The predicted octanol–water partition coefficient (Wildman–Crippen LogP) is 2.90. The average molecular weight is 460 g/mol. The Balaban J connectivity index is 1.45. The molecule has 0 spiro atoms. The van der Waals surface area contributed by atoms with Gasteiger partial charge >= 0.3 is 0 Å². The Bertz CT molecular complexity index is 1120. The summed E-state index contributed by atoms with van der Waals surface area (Å²) >= 11 is 4.99. The minimum atomic E-state index is 0.228. The highest BCUT2D eigenvalue weighted by Gasteiger charge is 2.22. The number of benzene rings is 1. The van der Waals surface area contributed by atoms with E-state index in [-0.39, 0.29) is 6.79 Å². The first-order valence-corrected chi connectivity index (χ1v) is 9.99. The van der Waals surface area contributed by atoms with E-state index in [1.54, 1.807) is 18.9 Å². The molecule has 3 aliphatic rings. The number of nitrogens with zero attached hydrogens (tertiary/aromatic N) is 6. The van der Waals surface area contributed by atoms with Gasteiger partial charge in [0.15, 0.2) is 34.0 Å². The van der Waals surface area contributed by atoms with Crippen molar-refractivity contribution >= 4 is 33.5 Å². The Morgan fingerprint density at radius 3 is 2.82 bits per heavy atom. The lowest BCUT2D eigenvalue weighted by Gasteiger charge is -2.11. The number of fused-ring (bicyclic) bond motifs is 2. The molecule has 1 aromatic heterocycles. The second-order valence-electron chi connectivity index (χ2n) is 6.04. The van der Waals surface area contributed by atoms with Crippen LogP contribution in [0.4, 0.5) is 5.82 Å². The molecule has 0 saturated heterocycles. The van der Waals surface area contributed by atoms with Crippen molar-refractivity contribution in [3.8, 4) is 23.0 Å². The molecule has 0 bridgehead atoms. The Labute approximate surface area is 172 Å². The lowest BCUT2D eigenvalue weighted by molar-refractivity contribution is 0.174. The molecule has 142 valence electrons. The second kappa shape index (κ2) is 6.99. The maximum atomic E-state index is 6.03. The molecule has 28 heavy (non-hydrogen) atoms. The highest BCUT2D eigenvalue weighted by atomic mass is 79.9. The van der Waals surface area contributed by atoms with Crippen LogP contribution in [-0.2, 0) is 13.1 Å². The first kappa shape index (κ1) is 17.3. The number of hydrogen-bond donors (Lipinski definition) is 1. The third-order valence-electron chi connectivity index (χ3n) is 4.26. The van der Waals surface area contributed by atoms with Crippen LogP contribution >= 0.6 is 27.7 Å². The van der Waals surface area contributed by atoms with Gasteiger partial charge < -0.3 is 24.3 Å². The van der Waals surface area contributed by atoms with Crippen LogP contribution in [0.5, 0.6) is 11.5 Å². The number of hydrogen-bond acceptors (Lipinski definition) is 8. The van der Waals surface area contributed by atoms with Gasteiger partial charge in [0.25, 0.3) is 0 Å². The Morgan fingerprint density at radius 1 is 1.14 bits per heavy atom. The fourth-order valence-electron chi connectivity index (χ4n) is 2.86. The van der Waals surface area contributed by atoms with E-state index in [1.807, 2.05) is 27.5 Å². The van der Waals surface area contributed by atoms with Crippen LogP contribution in [0.2, 0.25) is 0 Å². The standard InChI is InChI=1S/C17H14BrN7O2S/c18-10-5-11-12(27-9-26-11)6-13(10)28-17-22-14-15(19)21-8-25(16(14)23-17)4-3-24-2-1-20-7-24/h1-2,5-8H,3-4,9,19H2. The van der Waals surface area contributed by atoms with Gasteiger partial charge in [0.05, 0.1) is 12.7 Å². The summed E-state index contributed by atoms with van der Waals surface area (Å²) < 4.78 is 15.7. The smallest absolute Gasteiger partial charge is 0.231 e. The van der Waals surface area contributed by atoms with Gasteiger partial charge in [0, 0.05) is 34.9 Å². The molecule has 0 atom stereocenters. The van der Waals surface area contributed by atoms with Crippen molar-refractivity contribution in [2.75, 3.05) is 12.5 Å². The number of anilines is 1. The SMILES string of the molecule is Nc1ncn(CCn2ccnc2)c2nc(Sc3cc4c(cc3Br)OCO4)nc1-2. The molecule has 2 aromatic rings. The van der Waals surface area contributed by atoms with E-state index >= 15 is 0 Å². The molecule has 11 heteroatoms. The Hall–Kier alpha value is -2.79. The van der Waals surface area contributed by atoms with Crippen LogP contribution in [0.15, 0.2) is 51.7 Å². The number of nitrogen functional groups attached to an aromatic ring is 1. The molecule has 5 rings (SSSR count). The van der Waals surface area contributed by atoms with Crippen molar-refractivity contribution in [1.82, 2.24) is 29.1 Å². The molecule has 0 amide bonds. The van der Waals surface area contributed by atoms with E-state index in [0.29, 0.717) is 34.8 Å². The van der Waals surface area contributed by atoms with Gasteiger partial charge in [0.1, 0.15) is 0 Å². The van der Waals surface area contributed by atoms with Crippen molar-refractivity contribution in [2.24, 2.45) is 0 Å². The average Bonchev–Trinajstić information content (AvgIpc) is 3.42. The molecule has 9 nitrogen and oxygen atoms in total. The highest BCUT2D eigenvalue weighted by Crippen LogP contribution is 2.43. The lowest BCUT2D eigenvalue weighted by atomic mass is 10.3. The van der Waals surface area contributed by atoms with Gasteiger partial charge in [-0.25, -0.2) is 19.9 Å². The quantitative estimate of drug-likeness (QED) is 0.485. The molecule has 4 heterocycles. The van der Waals surface area contributed by atoms with Gasteiger partial charge in [-0.3, -0.25) is 0 Å². The topological polar surface area (TPSA) is 106 Å². The van der Waals surface area contributed by atoms with Crippen molar-refractivity contribution in [1.29, 1.82) is 0 Å². The number of aryl methyl sites for hydroxylation is 2. The number of rotatable bonds is 5. The number of aromatic nitrogens is 6. The Kier molecular flexibility index (Phi) is 4.32. The summed E-state index contributed by atoms with van der Waals surface area (Å²) in [5, 5.41) is 0.589. The van der Waals surface area contributed by atoms with E-state index in [0.717, 1.165) is 21.7 Å². The van der Waals surface area contributed by atoms with E-state index in [2.05, 4.69) is 35.9 Å². The first-order chi connectivity index (χ1) is 13.7. The molecule has 3 aliphatic heterocycles. The second-order valence-corrected chi connectivity index (χ2v) is 7.90. The van der Waals surface area contributed by atoms with E-state index in [1.165, 1.54) is 11.8 Å². The predicted molar refractivity (Wildman–Crippen MR) is 105 cm³/mol. The van der Waals surface area contributed by atoms with Crippen molar-refractivity contribution < 1.29 is 9.47 Å². The summed E-state index contributed by atoms with van der Waals surface area (Å²) in [6.07, 6.45) is 7.13. The monoisotopic (exact) mass is 459 g/mol. The minimum Gasteiger partial charge on any atom is -0.454 e. The molecular formula is C17H14BrN7O2S. The van der Waals surface area contributed by atoms with Crippen LogP contribution in [0, 0.1) is 0 Å². The van der Waals surface area contributed by atoms with Gasteiger partial charge in [-0.05, 0) is 39.8 Å².